The van der Waals surface area contributed by atoms with Crippen molar-refractivity contribution in [3.63, 3.8) is 0 Å². The zero-order valence-corrected chi connectivity index (χ0v) is 26.1. The number of hydrogen-bond donors (Lipinski definition) is 1. The molecule has 0 radical (unpaired) electrons. The van der Waals surface area contributed by atoms with Crippen molar-refractivity contribution < 1.29 is 9.59 Å². The smallest absolute Gasteiger partial charge is 0.253 e. The first-order valence-corrected chi connectivity index (χ1v) is 16.1. The number of amides is 1. The maximum absolute atomic E-state index is 13.3. The van der Waals surface area contributed by atoms with Gasteiger partial charge in [0.2, 0.25) is 0 Å². The van der Waals surface area contributed by atoms with Crippen molar-refractivity contribution in [2.75, 3.05) is 26.2 Å². The molecule has 3 heterocycles. The van der Waals surface area contributed by atoms with E-state index < -0.39 is 0 Å². The number of piperazine rings is 1. The average molecular weight is 618 g/mol. The highest BCUT2D eigenvalue weighted by atomic mass is 35.5. The summed E-state index contributed by atoms with van der Waals surface area (Å²) in [6, 6.07) is 22.3. The molecule has 1 N–H and O–H groups in total. The summed E-state index contributed by atoms with van der Waals surface area (Å²) in [6.45, 7) is 6.72. The Morgan fingerprint density at radius 2 is 1.63 bits per heavy atom. The van der Waals surface area contributed by atoms with Gasteiger partial charge >= 0.3 is 0 Å². The number of hydrogen-bond acceptors (Lipinski definition) is 4. The standard InChI is InChI=1S/C35H38Cl2N4O2/c1-2-25-10-6-11-31-32(35(43)38-19-24-8-4-3-5-9-24)22-40(34(25)31)14-7-15-41-29-12-13-30(41)21-39(20-29)23-33(42)26-16-27(36)18-28(37)17-26/h3-6,8-11,16-18,22,29-30H,2,7,12-15,19-21,23H2,1H3,(H,38,43). The molecule has 0 aliphatic carbocycles. The molecule has 2 aliphatic rings. The predicted molar refractivity (Wildman–Crippen MR) is 174 cm³/mol. The van der Waals surface area contributed by atoms with E-state index in [4.69, 9.17) is 23.2 Å². The molecule has 2 aliphatic heterocycles. The third-order valence-electron chi connectivity index (χ3n) is 8.98. The first-order chi connectivity index (χ1) is 20.9. The van der Waals surface area contributed by atoms with Crippen LogP contribution in [-0.4, -0.2) is 64.3 Å². The summed E-state index contributed by atoms with van der Waals surface area (Å²) in [6.07, 6.45) is 6.29. The number of para-hydroxylation sites is 1. The van der Waals surface area contributed by atoms with E-state index >= 15 is 0 Å². The number of benzene rings is 3. The lowest BCUT2D eigenvalue weighted by Gasteiger charge is -2.41. The molecule has 3 aromatic carbocycles. The molecule has 2 fully saturated rings. The molecule has 2 saturated heterocycles. The molecule has 6 nitrogen and oxygen atoms in total. The van der Waals surface area contributed by atoms with Crippen molar-refractivity contribution >= 4 is 45.8 Å². The number of likely N-dealkylation sites (tertiary alicyclic amines) is 1. The maximum atomic E-state index is 13.3. The molecule has 0 saturated carbocycles. The van der Waals surface area contributed by atoms with Crippen LogP contribution in [0.15, 0.2) is 72.9 Å². The first-order valence-electron chi connectivity index (χ1n) is 15.3. The predicted octanol–water partition coefficient (Wildman–Crippen LogP) is 6.86. The monoisotopic (exact) mass is 616 g/mol. The number of nitrogens with one attached hydrogen (secondary N) is 1. The molecule has 1 aromatic heterocycles. The fourth-order valence-corrected chi connectivity index (χ4v) is 7.48. The van der Waals surface area contributed by atoms with E-state index in [0.717, 1.165) is 68.4 Å². The van der Waals surface area contributed by atoms with E-state index in [0.29, 0.717) is 40.8 Å². The van der Waals surface area contributed by atoms with Gasteiger partial charge in [-0.1, -0.05) is 78.7 Å². The Kier molecular flexibility index (Phi) is 9.20. The fourth-order valence-electron chi connectivity index (χ4n) is 6.96. The molecule has 4 aromatic rings. The van der Waals surface area contributed by atoms with Crippen molar-refractivity contribution in [3.8, 4) is 0 Å². The number of aromatic nitrogens is 1. The topological polar surface area (TPSA) is 57.6 Å². The van der Waals surface area contributed by atoms with Gasteiger partial charge in [-0.2, -0.15) is 0 Å². The summed E-state index contributed by atoms with van der Waals surface area (Å²) in [5.74, 6) is 0.0247. The highest BCUT2D eigenvalue weighted by molar-refractivity contribution is 6.35. The number of aryl methyl sites for hydroxylation is 2. The second-order valence-electron chi connectivity index (χ2n) is 11.8. The van der Waals surface area contributed by atoms with Gasteiger partial charge < -0.3 is 9.88 Å². The minimum absolute atomic E-state index is 0.0374. The van der Waals surface area contributed by atoms with Crippen LogP contribution in [0, 0.1) is 0 Å². The number of nitrogens with zero attached hydrogens (tertiary/aromatic N) is 3. The average Bonchev–Trinajstić information content (AvgIpc) is 3.49. The fraction of sp³-hybridized carbons (Fsp3) is 0.371. The van der Waals surface area contributed by atoms with E-state index in [9.17, 15) is 9.59 Å². The van der Waals surface area contributed by atoms with Gasteiger partial charge in [-0.15, -0.1) is 0 Å². The number of Topliss-reactive ketones (excluding diaryl/α,β-unsaturated/α-hetero) is 1. The number of rotatable bonds is 11. The SMILES string of the molecule is CCc1cccc2c(C(=O)NCc3ccccc3)cn(CCCN3C4CCC3CN(CC(=O)c3cc(Cl)cc(Cl)c3)C4)c12. The molecule has 2 bridgehead atoms. The first kappa shape index (κ1) is 29.9. The van der Waals surface area contributed by atoms with E-state index in [1.54, 1.807) is 18.2 Å². The van der Waals surface area contributed by atoms with Crippen LogP contribution in [0.1, 0.15) is 58.0 Å². The number of carbonyl (C=O) groups is 2. The second-order valence-corrected chi connectivity index (χ2v) is 12.7. The molecular weight excluding hydrogens is 579 g/mol. The quantitative estimate of drug-likeness (QED) is 0.187. The lowest BCUT2D eigenvalue weighted by molar-refractivity contribution is 0.0588. The highest BCUT2D eigenvalue weighted by Gasteiger charge is 2.39. The lowest BCUT2D eigenvalue weighted by Crippen LogP contribution is -2.54. The van der Waals surface area contributed by atoms with Crippen molar-refractivity contribution in [1.82, 2.24) is 19.7 Å². The number of carbonyl (C=O) groups excluding carboxylic acids is 2. The van der Waals surface area contributed by atoms with Gasteiger partial charge in [0, 0.05) is 72.0 Å². The molecule has 2 unspecified atom stereocenters. The minimum Gasteiger partial charge on any atom is -0.348 e. The summed E-state index contributed by atoms with van der Waals surface area (Å²) in [5.41, 5.74) is 4.83. The van der Waals surface area contributed by atoms with Crippen LogP contribution in [0.4, 0.5) is 0 Å². The van der Waals surface area contributed by atoms with E-state index in [2.05, 4.69) is 44.8 Å². The van der Waals surface area contributed by atoms with Gasteiger partial charge in [-0.3, -0.25) is 19.4 Å². The minimum atomic E-state index is -0.0374. The van der Waals surface area contributed by atoms with Gasteiger partial charge in [0.15, 0.2) is 5.78 Å². The van der Waals surface area contributed by atoms with Crippen molar-refractivity contribution in [3.05, 3.63) is 105 Å². The molecule has 1 amide bonds. The van der Waals surface area contributed by atoms with Crippen LogP contribution in [0.2, 0.25) is 10.0 Å². The van der Waals surface area contributed by atoms with Crippen LogP contribution in [0.5, 0.6) is 0 Å². The Morgan fingerprint density at radius 3 is 2.33 bits per heavy atom. The summed E-state index contributed by atoms with van der Waals surface area (Å²) >= 11 is 12.3. The van der Waals surface area contributed by atoms with Crippen LogP contribution in [0.25, 0.3) is 10.9 Å². The summed E-state index contributed by atoms with van der Waals surface area (Å²) in [4.78, 5) is 31.2. The van der Waals surface area contributed by atoms with E-state index in [1.807, 2.05) is 36.5 Å². The van der Waals surface area contributed by atoms with Gasteiger partial charge in [0.1, 0.15) is 0 Å². The summed E-state index contributed by atoms with van der Waals surface area (Å²) in [5, 5.41) is 5.11. The maximum Gasteiger partial charge on any atom is 0.253 e. The Balaban J connectivity index is 1.09. The third kappa shape index (κ3) is 6.68. The third-order valence-corrected chi connectivity index (χ3v) is 9.42. The number of fused-ring (bicyclic) bond motifs is 3. The zero-order chi connectivity index (χ0) is 29.9. The van der Waals surface area contributed by atoms with Crippen LogP contribution >= 0.6 is 23.2 Å². The molecule has 43 heavy (non-hydrogen) atoms. The molecule has 2 atom stereocenters. The molecule has 8 heteroatoms. The van der Waals surface area contributed by atoms with Crippen LogP contribution < -0.4 is 5.32 Å². The van der Waals surface area contributed by atoms with Gasteiger partial charge in [-0.25, -0.2) is 0 Å². The van der Waals surface area contributed by atoms with Gasteiger partial charge in [0.25, 0.3) is 5.91 Å². The second kappa shape index (κ2) is 13.2. The molecule has 224 valence electrons. The normalized spacial score (nSPS) is 18.8. The van der Waals surface area contributed by atoms with Gasteiger partial charge in [0.05, 0.1) is 17.6 Å². The summed E-state index contributed by atoms with van der Waals surface area (Å²) < 4.78 is 2.29. The number of halogens is 2. The van der Waals surface area contributed by atoms with Crippen LogP contribution in [0.3, 0.4) is 0 Å². The highest BCUT2D eigenvalue weighted by Crippen LogP contribution is 2.31. The summed E-state index contributed by atoms with van der Waals surface area (Å²) in [7, 11) is 0. The molecular formula is C35H38Cl2N4O2. The Hall–Kier alpha value is -3.16. The van der Waals surface area contributed by atoms with Crippen molar-refractivity contribution in [1.29, 1.82) is 0 Å². The van der Waals surface area contributed by atoms with Crippen molar-refractivity contribution in [2.45, 2.75) is 57.8 Å². The van der Waals surface area contributed by atoms with Crippen LogP contribution in [-0.2, 0) is 19.5 Å². The van der Waals surface area contributed by atoms with E-state index in [-0.39, 0.29) is 11.7 Å². The van der Waals surface area contributed by atoms with Gasteiger partial charge in [-0.05, 0) is 55.0 Å². The lowest BCUT2D eigenvalue weighted by atomic mass is 10.1. The van der Waals surface area contributed by atoms with E-state index in [1.165, 1.54) is 11.1 Å². The van der Waals surface area contributed by atoms with Crippen molar-refractivity contribution in [2.24, 2.45) is 0 Å². The zero-order valence-electron chi connectivity index (χ0n) is 24.6. The molecule has 6 rings (SSSR count). The molecule has 0 spiro atoms. The Morgan fingerprint density at radius 1 is 0.907 bits per heavy atom. The Bertz CT molecular complexity index is 1580. The Labute approximate surface area is 263 Å². The number of ketones is 1. The largest absolute Gasteiger partial charge is 0.348 e.